The highest BCUT2D eigenvalue weighted by molar-refractivity contribution is 7.92. The van der Waals surface area contributed by atoms with Crippen LogP contribution in [0.15, 0.2) is 0 Å². The molecular formula is C7H15NO2S. The van der Waals surface area contributed by atoms with Crippen molar-refractivity contribution in [3.63, 3.8) is 0 Å². The lowest BCUT2D eigenvalue weighted by molar-refractivity contribution is 0.231. The molecule has 1 rings (SSSR count). The molecule has 0 aromatic heterocycles. The van der Waals surface area contributed by atoms with Crippen molar-refractivity contribution in [1.82, 2.24) is 0 Å². The van der Waals surface area contributed by atoms with E-state index in [1.165, 1.54) is 6.26 Å². The van der Waals surface area contributed by atoms with E-state index in [0.29, 0.717) is 0 Å². The van der Waals surface area contributed by atoms with Gasteiger partial charge in [-0.25, -0.2) is 8.42 Å². The van der Waals surface area contributed by atoms with Crippen molar-refractivity contribution in [2.45, 2.75) is 24.5 Å². The van der Waals surface area contributed by atoms with Crippen molar-refractivity contribution in [3.05, 3.63) is 0 Å². The highest BCUT2D eigenvalue weighted by Gasteiger charge is 2.50. The molecule has 1 fully saturated rings. The van der Waals surface area contributed by atoms with Gasteiger partial charge in [0.15, 0.2) is 9.84 Å². The normalized spacial score (nSPS) is 38.3. The van der Waals surface area contributed by atoms with E-state index in [-0.39, 0.29) is 12.5 Å². The number of sulfone groups is 1. The molecule has 66 valence electrons. The lowest BCUT2D eigenvalue weighted by atomic mass is 9.74. The van der Waals surface area contributed by atoms with Crippen molar-refractivity contribution in [2.24, 2.45) is 11.7 Å². The SMILES string of the molecule is CC1CCC1(CN)S(C)(=O)=O. The third-order valence-corrected chi connectivity index (χ3v) is 5.23. The molecule has 0 aliphatic heterocycles. The van der Waals surface area contributed by atoms with E-state index in [9.17, 15) is 8.42 Å². The second-order valence-corrected chi connectivity index (χ2v) is 5.84. The minimum atomic E-state index is -2.95. The van der Waals surface area contributed by atoms with Gasteiger partial charge in [0, 0.05) is 12.8 Å². The second-order valence-electron chi connectivity index (χ2n) is 3.48. The summed E-state index contributed by atoms with van der Waals surface area (Å²) in [7, 11) is -2.95. The molecule has 4 heteroatoms. The Morgan fingerprint density at radius 3 is 2.18 bits per heavy atom. The summed E-state index contributed by atoms with van der Waals surface area (Å²) < 4.78 is 22.0. The molecule has 0 amide bonds. The van der Waals surface area contributed by atoms with Crippen molar-refractivity contribution in [1.29, 1.82) is 0 Å². The predicted octanol–water partition coefficient (Wildman–Crippen LogP) is 0.158. The predicted molar refractivity (Wildman–Crippen MR) is 45.0 cm³/mol. The van der Waals surface area contributed by atoms with Crippen molar-refractivity contribution < 1.29 is 8.42 Å². The molecule has 0 aromatic rings. The van der Waals surface area contributed by atoms with E-state index in [1.807, 2.05) is 6.92 Å². The maximum absolute atomic E-state index is 11.3. The molecule has 0 heterocycles. The van der Waals surface area contributed by atoms with E-state index in [2.05, 4.69) is 0 Å². The first-order valence-electron chi connectivity index (χ1n) is 3.84. The number of rotatable bonds is 2. The Kier molecular flexibility index (Phi) is 2.01. The fourth-order valence-electron chi connectivity index (χ4n) is 1.76. The van der Waals surface area contributed by atoms with Crippen LogP contribution in [-0.2, 0) is 9.84 Å². The Morgan fingerprint density at radius 1 is 1.64 bits per heavy atom. The standard InChI is InChI=1S/C7H15NO2S/c1-6-3-4-7(6,5-8)11(2,9)10/h6H,3-5,8H2,1-2H3. The van der Waals surface area contributed by atoms with E-state index >= 15 is 0 Å². The average molecular weight is 177 g/mol. The van der Waals surface area contributed by atoms with Crippen LogP contribution >= 0.6 is 0 Å². The van der Waals surface area contributed by atoms with Crippen LogP contribution in [0, 0.1) is 5.92 Å². The van der Waals surface area contributed by atoms with Gasteiger partial charge >= 0.3 is 0 Å². The Balaban J connectivity index is 2.96. The van der Waals surface area contributed by atoms with Gasteiger partial charge in [-0.3, -0.25) is 0 Å². The lowest BCUT2D eigenvalue weighted by Gasteiger charge is -2.45. The van der Waals surface area contributed by atoms with Crippen molar-refractivity contribution >= 4 is 9.84 Å². The topological polar surface area (TPSA) is 60.2 Å². The smallest absolute Gasteiger partial charge is 0.154 e. The number of hydrogen-bond donors (Lipinski definition) is 1. The minimum Gasteiger partial charge on any atom is -0.329 e. The number of hydrogen-bond acceptors (Lipinski definition) is 3. The summed E-state index contributed by atoms with van der Waals surface area (Å²) in [6, 6.07) is 0. The largest absolute Gasteiger partial charge is 0.329 e. The zero-order valence-electron chi connectivity index (χ0n) is 7.00. The molecule has 1 aliphatic rings. The molecule has 2 unspecified atom stereocenters. The molecule has 2 N–H and O–H groups in total. The first-order chi connectivity index (χ1) is 4.94. The molecule has 1 aliphatic carbocycles. The molecule has 1 saturated carbocycles. The van der Waals surface area contributed by atoms with Crippen molar-refractivity contribution in [3.8, 4) is 0 Å². The van der Waals surface area contributed by atoms with Gasteiger partial charge in [-0.1, -0.05) is 6.92 Å². The highest BCUT2D eigenvalue weighted by Crippen LogP contribution is 2.43. The zero-order chi connectivity index (χ0) is 8.70. The second kappa shape index (κ2) is 2.45. The van der Waals surface area contributed by atoms with Crippen LogP contribution in [0.2, 0.25) is 0 Å². The van der Waals surface area contributed by atoms with Crippen LogP contribution in [0.25, 0.3) is 0 Å². The Hall–Kier alpha value is -0.0900. The van der Waals surface area contributed by atoms with E-state index < -0.39 is 14.6 Å². The molecule has 0 bridgehead atoms. The molecule has 11 heavy (non-hydrogen) atoms. The van der Waals surface area contributed by atoms with Crippen LogP contribution in [0.1, 0.15) is 19.8 Å². The van der Waals surface area contributed by atoms with Gasteiger partial charge in [-0.05, 0) is 18.8 Å². The van der Waals surface area contributed by atoms with E-state index in [1.54, 1.807) is 0 Å². The van der Waals surface area contributed by atoms with Gasteiger partial charge in [0.25, 0.3) is 0 Å². The molecule has 3 nitrogen and oxygen atoms in total. The van der Waals surface area contributed by atoms with Crippen LogP contribution < -0.4 is 5.73 Å². The van der Waals surface area contributed by atoms with Crippen LogP contribution in [0.4, 0.5) is 0 Å². The van der Waals surface area contributed by atoms with Crippen LogP contribution in [0.3, 0.4) is 0 Å². The lowest BCUT2D eigenvalue weighted by Crippen LogP contribution is -2.56. The van der Waals surface area contributed by atoms with Crippen molar-refractivity contribution in [2.75, 3.05) is 12.8 Å². The fourth-order valence-corrected chi connectivity index (χ4v) is 3.40. The number of nitrogens with two attached hydrogens (primary N) is 1. The van der Waals surface area contributed by atoms with Crippen LogP contribution in [-0.4, -0.2) is 26.0 Å². The van der Waals surface area contributed by atoms with E-state index in [0.717, 1.165) is 12.8 Å². The van der Waals surface area contributed by atoms with Crippen LogP contribution in [0.5, 0.6) is 0 Å². The third-order valence-electron chi connectivity index (χ3n) is 2.98. The summed E-state index contributed by atoms with van der Waals surface area (Å²) in [6.45, 7) is 2.23. The van der Waals surface area contributed by atoms with E-state index in [4.69, 9.17) is 5.73 Å². The van der Waals surface area contributed by atoms with Gasteiger partial charge in [-0.15, -0.1) is 0 Å². The Labute approximate surface area is 67.9 Å². The van der Waals surface area contributed by atoms with Gasteiger partial charge in [0.2, 0.25) is 0 Å². The summed E-state index contributed by atoms with van der Waals surface area (Å²) in [6.07, 6.45) is 3.02. The summed E-state index contributed by atoms with van der Waals surface area (Å²) in [5, 5.41) is 0. The first kappa shape index (κ1) is 9.00. The summed E-state index contributed by atoms with van der Waals surface area (Å²) >= 11 is 0. The van der Waals surface area contributed by atoms with Gasteiger partial charge in [0.1, 0.15) is 0 Å². The maximum atomic E-state index is 11.3. The Morgan fingerprint density at radius 2 is 2.18 bits per heavy atom. The zero-order valence-corrected chi connectivity index (χ0v) is 7.82. The molecule has 0 aromatic carbocycles. The third kappa shape index (κ3) is 1.08. The first-order valence-corrected chi connectivity index (χ1v) is 5.73. The quantitative estimate of drug-likeness (QED) is 0.653. The molecule has 0 saturated heterocycles. The van der Waals surface area contributed by atoms with Gasteiger partial charge < -0.3 is 5.73 Å². The minimum absolute atomic E-state index is 0.238. The molecule has 0 spiro atoms. The molecule has 0 radical (unpaired) electrons. The van der Waals surface area contributed by atoms with Gasteiger partial charge in [0.05, 0.1) is 4.75 Å². The summed E-state index contributed by atoms with van der Waals surface area (Å²) in [5.74, 6) is 0.238. The fraction of sp³-hybridized carbons (Fsp3) is 1.00. The summed E-state index contributed by atoms with van der Waals surface area (Å²) in [4.78, 5) is 0. The molecular weight excluding hydrogens is 162 g/mol. The maximum Gasteiger partial charge on any atom is 0.154 e. The van der Waals surface area contributed by atoms with Gasteiger partial charge in [-0.2, -0.15) is 0 Å². The monoisotopic (exact) mass is 177 g/mol. The average Bonchev–Trinajstić information content (AvgIpc) is 1.84. The Bertz CT molecular complexity index is 243. The highest BCUT2D eigenvalue weighted by atomic mass is 32.2. The summed E-state index contributed by atoms with van der Waals surface area (Å²) in [5.41, 5.74) is 5.47. The molecule has 2 atom stereocenters.